The first-order valence-corrected chi connectivity index (χ1v) is 7.68. The van der Waals surface area contributed by atoms with Crippen LogP contribution in [0.1, 0.15) is 26.2 Å². The fourth-order valence-electron chi connectivity index (χ4n) is 3.11. The highest BCUT2D eigenvalue weighted by Crippen LogP contribution is 2.14. The number of aromatic nitrogens is 2. The number of rotatable bonds is 3. The Kier molecular flexibility index (Phi) is 3.82. The minimum atomic E-state index is -0.0935. The normalized spacial score (nSPS) is 15.6. The van der Waals surface area contributed by atoms with Crippen LogP contribution < -0.4 is 5.69 Å². The Morgan fingerprint density at radius 2 is 1.67 bits per heavy atom. The van der Waals surface area contributed by atoms with Crippen molar-refractivity contribution in [1.29, 1.82) is 0 Å². The van der Waals surface area contributed by atoms with Crippen molar-refractivity contribution in [2.24, 2.45) is 0 Å². The van der Waals surface area contributed by atoms with Gasteiger partial charge in [0.1, 0.15) is 6.54 Å². The molecule has 1 fully saturated rings. The maximum atomic E-state index is 12.5. The fraction of sp³-hybridized carbons (Fsp3) is 0.500. The van der Waals surface area contributed by atoms with Crippen LogP contribution in [-0.2, 0) is 17.9 Å². The molecular weight excluding hydrogens is 266 g/mol. The number of imidazole rings is 1. The molecule has 3 rings (SSSR count). The van der Waals surface area contributed by atoms with Crippen LogP contribution in [0.15, 0.2) is 29.1 Å². The van der Waals surface area contributed by atoms with Crippen molar-refractivity contribution in [3.05, 3.63) is 34.7 Å². The first kappa shape index (κ1) is 13.9. The zero-order valence-electron chi connectivity index (χ0n) is 12.4. The first-order valence-electron chi connectivity index (χ1n) is 7.68. The second-order valence-corrected chi connectivity index (χ2v) is 5.54. The summed E-state index contributed by atoms with van der Waals surface area (Å²) in [5.41, 5.74) is 1.65. The van der Waals surface area contributed by atoms with Crippen molar-refractivity contribution in [2.45, 2.75) is 39.3 Å². The number of carbonyl (C=O) groups is 1. The summed E-state index contributed by atoms with van der Waals surface area (Å²) in [6, 6.07) is 7.67. The number of hydrogen-bond acceptors (Lipinski definition) is 2. The summed E-state index contributed by atoms with van der Waals surface area (Å²) in [4.78, 5) is 26.8. The lowest BCUT2D eigenvalue weighted by Crippen LogP contribution is -2.39. The number of nitrogens with zero attached hydrogens (tertiary/aromatic N) is 3. The average molecular weight is 287 g/mol. The molecule has 1 saturated heterocycles. The Hall–Kier alpha value is -2.04. The molecule has 1 aliphatic heterocycles. The van der Waals surface area contributed by atoms with Gasteiger partial charge in [-0.2, -0.15) is 0 Å². The highest BCUT2D eigenvalue weighted by molar-refractivity contribution is 5.81. The molecule has 2 aromatic rings. The lowest BCUT2D eigenvalue weighted by molar-refractivity contribution is -0.132. The highest BCUT2D eigenvalue weighted by atomic mass is 16.2. The van der Waals surface area contributed by atoms with Crippen LogP contribution in [0.3, 0.4) is 0 Å². The molecule has 1 aromatic heterocycles. The van der Waals surface area contributed by atoms with E-state index in [0.717, 1.165) is 37.0 Å². The number of hydrogen-bond donors (Lipinski definition) is 0. The predicted octanol–water partition coefficient (Wildman–Crippen LogP) is 1.84. The molecule has 5 nitrogen and oxygen atoms in total. The summed E-state index contributed by atoms with van der Waals surface area (Å²) in [6.07, 6.45) is 3.33. The van der Waals surface area contributed by atoms with Crippen LogP contribution in [-0.4, -0.2) is 33.0 Å². The van der Waals surface area contributed by atoms with Crippen molar-refractivity contribution in [1.82, 2.24) is 14.0 Å². The van der Waals surface area contributed by atoms with Crippen molar-refractivity contribution in [3.63, 3.8) is 0 Å². The first-order chi connectivity index (χ1) is 10.2. The number of amides is 1. The van der Waals surface area contributed by atoms with E-state index < -0.39 is 0 Å². The molecule has 5 heteroatoms. The van der Waals surface area contributed by atoms with Gasteiger partial charge < -0.3 is 4.90 Å². The molecule has 0 aliphatic carbocycles. The van der Waals surface area contributed by atoms with Gasteiger partial charge in [-0.3, -0.25) is 13.9 Å². The smallest absolute Gasteiger partial charge is 0.329 e. The Balaban J connectivity index is 1.95. The third-order valence-corrected chi connectivity index (χ3v) is 4.24. The van der Waals surface area contributed by atoms with Gasteiger partial charge in [0.2, 0.25) is 5.91 Å². The molecule has 0 N–H and O–H groups in total. The van der Waals surface area contributed by atoms with Gasteiger partial charge in [0.15, 0.2) is 0 Å². The van der Waals surface area contributed by atoms with Gasteiger partial charge in [0.25, 0.3) is 0 Å². The van der Waals surface area contributed by atoms with E-state index in [1.807, 2.05) is 36.1 Å². The van der Waals surface area contributed by atoms with Gasteiger partial charge in [0, 0.05) is 19.6 Å². The van der Waals surface area contributed by atoms with Crippen LogP contribution in [0.25, 0.3) is 11.0 Å². The van der Waals surface area contributed by atoms with E-state index in [9.17, 15) is 9.59 Å². The van der Waals surface area contributed by atoms with Gasteiger partial charge in [-0.15, -0.1) is 0 Å². The monoisotopic (exact) mass is 287 g/mol. The maximum absolute atomic E-state index is 12.5. The SMILES string of the molecule is CCn1c(=O)n(CC(=O)N2CCCCC2)c2ccccc21. The van der Waals surface area contributed by atoms with Crippen molar-refractivity contribution < 1.29 is 4.79 Å². The molecule has 0 atom stereocenters. The zero-order valence-corrected chi connectivity index (χ0v) is 12.4. The van der Waals surface area contributed by atoms with Crippen LogP contribution in [0.5, 0.6) is 0 Å². The van der Waals surface area contributed by atoms with E-state index in [2.05, 4.69) is 0 Å². The standard InChI is InChI=1S/C16H21N3O2/c1-2-18-13-8-4-5-9-14(13)19(16(18)21)12-15(20)17-10-6-3-7-11-17/h4-5,8-9H,2-3,6-7,10-12H2,1H3. The molecule has 2 heterocycles. The van der Waals surface area contributed by atoms with E-state index in [-0.39, 0.29) is 18.1 Å². The average Bonchev–Trinajstić information content (AvgIpc) is 2.80. The number of fused-ring (bicyclic) bond motifs is 1. The number of para-hydroxylation sites is 2. The molecule has 0 bridgehead atoms. The summed E-state index contributed by atoms with van der Waals surface area (Å²) in [5.74, 6) is 0.0517. The van der Waals surface area contributed by atoms with Crippen molar-refractivity contribution in [2.75, 3.05) is 13.1 Å². The van der Waals surface area contributed by atoms with Gasteiger partial charge in [-0.1, -0.05) is 12.1 Å². The summed E-state index contributed by atoms with van der Waals surface area (Å²) in [7, 11) is 0. The Morgan fingerprint density at radius 1 is 1.05 bits per heavy atom. The molecule has 0 radical (unpaired) electrons. The quantitative estimate of drug-likeness (QED) is 0.864. The van der Waals surface area contributed by atoms with E-state index in [1.54, 1.807) is 9.13 Å². The number of carbonyl (C=O) groups excluding carboxylic acids is 1. The minimum Gasteiger partial charge on any atom is -0.341 e. The third kappa shape index (κ3) is 2.48. The summed E-state index contributed by atoms with van der Waals surface area (Å²) >= 11 is 0. The van der Waals surface area contributed by atoms with Crippen molar-refractivity contribution >= 4 is 16.9 Å². The lowest BCUT2D eigenvalue weighted by atomic mass is 10.1. The largest absolute Gasteiger partial charge is 0.341 e. The second-order valence-electron chi connectivity index (χ2n) is 5.54. The molecule has 0 spiro atoms. The number of piperidine rings is 1. The van der Waals surface area contributed by atoms with E-state index in [0.29, 0.717) is 6.54 Å². The number of benzene rings is 1. The lowest BCUT2D eigenvalue weighted by Gasteiger charge is -2.26. The Bertz CT molecular complexity index is 708. The van der Waals surface area contributed by atoms with E-state index >= 15 is 0 Å². The predicted molar refractivity (Wildman–Crippen MR) is 82.3 cm³/mol. The maximum Gasteiger partial charge on any atom is 0.329 e. The molecule has 1 aliphatic rings. The summed E-state index contributed by atoms with van der Waals surface area (Å²) in [6.45, 7) is 4.35. The molecule has 21 heavy (non-hydrogen) atoms. The second kappa shape index (κ2) is 5.76. The molecular formula is C16H21N3O2. The molecule has 112 valence electrons. The Labute approximate surface area is 123 Å². The van der Waals surface area contributed by atoms with Gasteiger partial charge in [-0.05, 0) is 38.3 Å². The van der Waals surface area contributed by atoms with Gasteiger partial charge in [-0.25, -0.2) is 4.79 Å². The van der Waals surface area contributed by atoms with Crippen LogP contribution in [0.4, 0.5) is 0 Å². The number of likely N-dealkylation sites (tertiary alicyclic amines) is 1. The molecule has 1 aromatic carbocycles. The third-order valence-electron chi connectivity index (χ3n) is 4.24. The van der Waals surface area contributed by atoms with Crippen LogP contribution >= 0.6 is 0 Å². The van der Waals surface area contributed by atoms with Crippen LogP contribution in [0.2, 0.25) is 0 Å². The molecule has 0 unspecified atom stereocenters. The highest BCUT2D eigenvalue weighted by Gasteiger charge is 2.20. The summed E-state index contributed by atoms with van der Waals surface area (Å²) in [5, 5.41) is 0. The zero-order chi connectivity index (χ0) is 14.8. The van der Waals surface area contributed by atoms with E-state index in [1.165, 1.54) is 6.42 Å². The summed E-state index contributed by atoms with van der Waals surface area (Å²) < 4.78 is 3.33. The number of aryl methyl sites for hydroxylation is 1. The van der Waals surface area contributed by atoms with E-state index in [4.69, 9.17) is 0 Å². The molecule has 0 saturated carbocycles. The topological polar surface area (TPSA) is 47.2 Å². The molecule has 1 amide bonds. The van der Waals surface area contributed by atoms with Crippen LogP contribution in [0, 0.1) is 0 Å². The van der Waals surface area contributed by atoms with Gasteiger partial charge >= 0.3 is 5.69 Å². The fourth-order valence-corrected chi connectivity index (χ4v) is 3.11. The van der Waals surface area contributed by atoms with Crippen molar-refractivity contribution in [3.8, 4) is 0 Å². The minimum absolute atomic E-state index is 0.0517. The Morgan fingerprint density at radius 3 is 2.29 bits per heavy atom. The van der Waals surface area contributed by atoms with Gasteiger partial charge in [0.05, 0.1) is 11.0 Å².